The number of hydrogen-bond donors (Lipinski definition) is 2. The number of aryl methyl sites for hydroxylation is 1. The van der Waals surface area contributed by atoms with E-state index in [-0.39, 0.29) is 23.4 Å². The van der Waals surface area contributed by atoms with Gasteiger partial charge in [-0.05, 0) is 43.9 Å². The zero-order valence-corrected chi connectivity index (χ0v) is 15.7. The van der Waals surface area contributed by atoms with Gasteiger partial charge in [-0.2, -0.15) is 0 Å². The minimum absolute atomic E-state index is 0.00999. The number of carbonyl (C=O) groups is 1. The zero-order chi connectivity index (χ0) is 19.6. The lowest BCUT2D eigenvalue weighted by atomic mass is 9.71. The normalized spacial score (nSPS) is 14.9. The average Bonchev–Trinajstić information content (AvgIpc) is 2.69. The fourth-order valence-electron chi connectivity index (χ4n) is 3.70. The molecule has 6 nitrogen and oxygen atoms in total. The molecule has 0 atom stereocenters. The molecule has 0 bridgehead atoms. The molecule has 1 aliphatic carbocycles. The van der Waals surface area contributed by atoms with E-state index in [0.717, 1.165) is 30.4 Å². The van der Waals surface area contributed by atoms with Gasteiger partial charge < -0.3 is 10.3 Å². The Balaban J connectivity index is 1.54. The van der Waals surface area contributed by atoms with Crippen LogP contribution in [0.3, 0.4) is 0 Å². The van der Waals surface area contributed by atoms with E-state index in [1.54, 1.807) is 25.4 Å². The predicted molar refractivity (Wildman–Crippen MR) is 107 cm³/mol. The maximum Gasteiger partial charge on any atom is 0.255 e. The SMILES string of the molecule is Cc1nc(-c2cccnc2)[nH]c(=O)c1CC(=O)NC1(c2ccccc2)CCC1. The Bertz CT molecular complexity index is 1040. The van der Waals surface area contributed by atoms with Crippen LogP contribution in [-0.4, -0.2) is 20.9 Å². The molecule has 3 aromatic rings. The molecule has 1 fully saturated rings. The Morgan fingerprint density at radius 1 is 1.18 bits per heavy atom. The van der Waals surface area contributed by atoms with Crippen LogP contribution < -0.4 is 10.9 Å². The second-order valence-electron chi connectivity index (χ2n) is 7.25. The van der Waals surface area contributed by atoms with E-state index in [1.807, 2.05) is 36.4 Å². The van der Waals surface area contributed by atoms with Crippen molar-refractivity contribution in [2.75, 3.05) is 0 Å². The molecule has 1 saturated carbocycles. The highest BCUT2D eigenvalue weighted by molar-refractivity contribution is 5.80. The van der Waals surface area contributed by atoms with Gasteiger partial charge in [0.05, 0.1) is 12.0 Å². The first kappa shape index (κ1) is 18.1. The van der Waals surface area contributed by atoms with Gasteiger partial charge in [0.2, 0.25) is 5.91 Å². The quantitative estimate of drug-likeness (QED) is 0.719. The molecule has 1 aromatic carbocycles. The molecule has 4 rings (SSSR count). The predicted octanol–water partition coefficient (Wildman–Crippen LogP) is 2.88. The molecular formula is C22H22N4O2. The molecule has 28 heavy (non-hydrogen) atoms. The number of carbonyl (C=O) groups excluding carboxylic acids is 1. The highest BCUT2D eigenvalue weighted by Crippen LogP contribution is 2.41. The minimum atomic E-state index is -0.317. The summed E-state index contributed by atoms with van der Waals surface area (Å²) in [6, 6.07) is 13.6. The highest BCUT2D eigenvalue weighted by atomic mass is 16.2. The number of hydrogen-bond acceptors (Lipinski definition) is 4. The zero-order valence-electron chi connectivity index (χ0n) is 15.7. The van der Waals surface area contributed by atoms with Gasteiger partial charge in [0, 0.05) is 29.2 Å². The summed E-state index contributed by atoms with van der Waals surface area (Å²) in [5.41, 5.74) is 2.19. The summed E-state index contributed by atoms with van der Waals surface area (Å²) in [6.07, 6.45) is 6.22. The van der Waals surface area contributed by atoms with Gasteiger partial charge in [-0.3, -0.25) is 14.6 Å². The Hall–Kier alpha value is -3.28. The van der Waals surface area contributed by atoms with E-state index < -0.39 is 0 Å². The molecule has 142 valence electrons. The Kier molecular flexibility index (Phi) is 4.77. The van der Waals surface area contributed by atoms with Crippen LogP contribution in [0.5, 0.6) is 0 Å². The highest BCUT2D eigenvalue weighted by Gasteiger charge is 2.39. The smallest absolute Gasteiger partial charge is 0.255 e. The Morgan fingerprint density at radius 3 is 2.57 bits per heavy atom. The van der Waals surface area contributed by atoms with Crippen LogP contribution in [-0.2, 0) is 16.8 Å². The van der Waals surface area contributed by atoms with E-state index in [4.69, 9.17) is 0 Å². The molecule has 1 amide bonds. The number of pyridine rings is 1. The van der Waals surface area contributed by atoms with Gasteiger partial charge in [0.1, 0.15) is 5.82 Å². The number of rotatable bonds is 5. The molecule has 2 aromatic heterocycles. The van der Waals surface area contributed by atoms with E-state index in [9.17, 15) is 9.59 Å². The van der Waals surface area contributed by atoms with E-state index >= 15 is 0 Å². The fourth-order valence-corrected chi connectivity index (χ4v) is 3.70. The van der Waals surface area contributed by atoms with Crippen molar-refractivity contribution in [3.05, 3.63) is 82.0 Å². The van der Waals surface area contributed by atoms with Crippen molar-refractivity contribution in [1.82, 2.24) is 20.3 Å². The lowest BCUT2D eigenvalue weighted by Crippen LogP contribution is -2.51. The van der Waals surface area contributed by atoms with Crippen LogP contribution in [0, 0.1) is 6.92 Å². The van der Waals surface area contributed by atoms with Crippen molar-refractivity contribution in [2.24, 2.45) is 0 Å². The summed E-state index contributed by atoms with van der Waals surface area (Å²) in [7, 11) is 0. The van der Waals surface area contributed by atoms with Gasteiger partial charge in [-0.25, -0.2) is 4.98 Å². The third kappa shape index (κ3) is 3.45. The number of amides is 1. The van der Waals surface area contributed by atoms with E-state index in [0.29, 0.717) is 17.1 Å². The maximum atomic E-state index is 12.8. The summed E-state index contributed by atoms with van der Waals surface area (Å²) < 4.78 is 0. The summed E-state index contributed by atoms with van der Waals surface area (Å²) in [4.78, 5) is 36.6. The standard InChI is InChI=1S/C22H22N4O2/c1-15-18(21(28)25-20(24-15)16-7-5-12-23-14-16)13-19(27)26-22(10-6-11-22)17-8-3-2-4-9-17/h2-5,7-9,12,14H,6,10-11,13H2,1H3,(H,26,27)(H,24,25,28). The lowest BCUT2D eigenvalue weighted by molar-refractivity contribution is -0.123. The summed E-state index contributed by atoms with van der Waals surface area (Å²) in [5.74, 6) is 0.299. The summed E-state index contributed by atoms with van der Waals surface area (Å²) in [5, 5.41) is 3.17. The first-order chi connectivity index (χ1) is 13.6. The molecule has 0 spiro atoms. The first-order valence-electron chi connectivity index (χ1n) is 9.44. The monoisotopic (exact) mass is 374 g/mol. The van der Waals surface area contributed by atoms with Crippen LogP contribution >= 0.6 is 0 Å². The van der Waals surface area contributed by atoms with Crippen molar-refractivity contribution in [3.8, 4) is 11.4 Å². The van der Waals surface area contributed by atoms with Crippen LogP contribution in [0.15, 0.2) is 59.7 Å². The fraction of sp³-hybridized carbons (Fsp3) is 0.273. The molecule has 0 radical (unpaired) electrons. The van der Waals surface area contributed by atoms with Crippen LogP contribution in [0.25, 0.3) is 11.4 Å². The summed E-state index contributed by atoms with van der Waals surface area (Å²) in [6.45, 7) is 1.76. The third-order valence-corrected chi connectivity index (χ3v) is 5.41. The largest absolute Gasteiger partial charge is 0.346 e. The van der Waals surface area contributed by atoms with Crippen LogP contribution in [0.2, 0.25) is 0 Å². The van der Waals surface area contributed by atoms with E-state index in [1.165, 1.54) is 0 Å². The van der Waals surface area contributed by atoms with Crippen LogP contribution in [0.1, 0.15) is 36.1 Å². The first-order valence-corrected chi connectivity index (χ1v) is 9.44. The summed E-state index contributed by atoms with van der Waals surface area (Å²) >= 11 is 0. The van der Waals surface area contributed by atoms with Crippen LogP contribution in [0.4, 0.5) is 0 Å². The number of nitrogens with zero attached hydrogens (tertiary/aromatic N) is 2. The Labute approximate surface area is 163 Å². The second-order valence-corrected chi connectivity index (χ2v) is 7.25. The number of H-pyrrole nitrogens is 1. The molecule has 1 aliphatic rings. The van der Waals surface area contributed by atoms with Crippen molar-refractivity contribution < 1.29 is 4.79 Å². The van der Waals surface area contributed by atoms with Crippen molar-refractivity contribution in [1.29, 1.82) is 0 Å². The minimum Gasteiger partial charge on any atom is -0.346 e. The second kappa shape index (κ2) is 7.38. The maximum absolute atomic E-state index is 12.8. The number of aromatic amines is 1. The molecule has 2 heterocycles. The third-order valence-electron chi connectivity index (χ3n) is 5.41. The van der Waals surface area contributed by atoms with Gasteiger partial charge in [-0.15, -0.1) is 0 Å². The van der Waals surface area contributed by atoms with Crippen molar-refractivity contribution in [3.63, 3.8) is 0 Å². The van der Waals surface area contributed by atoms with Gasteiger partial charge in [-0.1, -0.05) is 30.3 Å². The van der Waals surface area contributed by atoms with Crippen molar-refractivity contribution >= 4 is 5.91 Å². The lowest BCUT2D eigenvalue weighted by Gasteiger charge is -2.43. The molecular weight excluding hydrogens is 352 g/mol. The van der Waals surface area contributed by atoms with Crippen molar-refractivity contribution in [2.45, 2.75) is 38.1 Å². The molecule has 2 N–H and O–H groups in total. The van der Waals surface area contributed by atoms with Gasteiger partial charge in [0.15, 0.2) is 0 Å². The number of aromatic nitrogens is 3. The molecule has 0 unspecified atom stereocenters. The number of benzene rings is 1. The molecule has 0 saturated heterocycles. The Morgan fingerprint density at radius 2 is 1.96 bits per heavy atom. The number of nitrogens with one attached hydrogen (secondary N) is 2. The molecule has 6 heteroatoms. The molecule has 0 aliphatic heterocycles. The average molecular weight is 374 g/mol. The topological polar surface area (TPSA) is 87.7 Å². The van der Waals surface area contributed by atoms with Gasteiger partial charge in [0.25, 0.3) is 5.56 Å². The van der Waals surface area contributed by atoms with E-state index in [2.05, 4.69) is 20.3 Å². The van der Waals surface area contributed by atoms with Gasteiger partial charge >= 0.3 is 0 Å².